The minimum absolute atomic E-state index is 0.101. The van der Waals surface area contributed by atoms with E-state index in [1.54, 1.807) is 18.3 Å². The summed E-state index contributed by atoms with van der Waals surface area (Å²) in [6.45, 7) is 11.4. The fourth-order valence-corrected chi connectivity index (χ4v) is 4.81. The Hall–Kier alpha value is -1.93. The van der Waals surface area contributed by atoms with E-state index in [9.17, 15) is 10.1 Å². The maximum atomic E-state index is 11.5. The zero-order valence-electron chi connectivity index (χ0n) is 16.8. The third-order valence-electron chi connectivity index (χ3n) is 6.05. The fraction of sp³-hybridized carbons (Fsp3) is 0.632. The Labute approximate surface area is 161 Å². The highest BCUT2D eigenvalue weighted by atomic mass is 28.4. The highest BCUT2D eigenvalue weighted by Gasteiger charge is 2.39. The normalized spacial score (nSPS) is 21.4. The fourth-order valence-electron chi connectivity index (χ4n) is 3.38. The van der Waals surface area contributed by atoms with Crippen molar-refractivity contribution in [1.82, 2.24) is 10.2 Å². The second-order valence-corrected chi connectivity index (χ2v) is 13.8. The number of anilines is 1. The predicted octanol–water partition coefficient (Wildman–Crippen LogP) is 5.22. The number of benzene rings is 1. The molecule has 1 aromatic carbocycles. The second-order valence-electron chi connectivity index (χ2n) is 9.08. The number of aromatic amines is 1. The molecule has 0 bridgehead atoms. The number of nitrogens with one attached hydrogen (secondary N) is 2. The number of fused-ring (bicyclic) bond motifs is 1. The number of rotatable bonds is 5. The summed E-state index contributed by atoms with van der Waals surface area (Å²) in [5, 5.41) is 22.7. The zero-order chi connectivity index (χ0) is 19.8. The van der Waals surface area contributed by atoms with E-state index in [0.29, 0.717) is 11.8 Å². The van der Waals surface area contributed by atoms with Crippen molar-refractivity contribution in [3.05, 3.63) is 28.4 Å². The van der Waals surface area contributed by atoms with E-state index in [1.807, 2.05) is 0 Å². The number of nitrogens with zero attached hydrogens (tertiary/aromatic N) is 2. The van der Waals surface area contributed by atoms with Crippen LogP contribution < -0.4 is 5.32 Å². The van der Waals surface area contributed by atoms with Gasteiger partial charge in [0.15, 0.2) is 8.32 Å². The largest absolute Gasteiger partial charge is 0.414 e. The van der Waals surface area contributed by atoms with E-state index in [1.165, 1.54) is 0 Å². The van der Waals surface area contributed by atoms with Crippen LogP contribution in [0.25, 0.3) is 10.9 Å². The first-order valence-corrected chi connectivity index (χ1v) is 12.5. The summed E-state index contributed by atoms with van der Waals surface area (Å²) in [5.74, 6) is 0. The Morgan fingerprint density at radius 1 is 1.26 bits per heavy atom. The molecule has 1 aliphatic carbocycles. The molecule has 0 amide bonds. The molecule has 0 radical (unpaired) electrons. The number of nitro groups is 1. The number of hydrogen-bond donors (Lipinski definition) is 2. The third-order valence-corrected chi connectivity index (χ3v) is 10.6. The predicted molar refractivity (Wildman–Crippen MR) is 111 cm³/mol. The van der Waals surface area contributed by atoms with Crippen LogP contribution in [0.3, 0.4) is 0 Å². The Balaban J connectivity index is 1.65. The molecule has 0 unspecified atom stereocenters. The van der Waals surface area contributed by atoms with Crippen LogP contribution in [-0.4, -0.2) is 35.6 Å². The van der Waals surface area contributed by atoms with Crippen LogP contribution in [0.1, 0.15) is 46.5 Å². The maximum Gasteiger partial charge on any atom is 0.293 e. The second kappa shape index (κ2) is 7.24. The van der Waals surface area contributed by atoms with Gasteiger partial charge in [-0.15, -0.1) is 0 Å². The Morgan fingerprint density at radius 2 is 1.93 bits per heavy atom. The molecular weight excluding hydrogens is 360 g/mol. The molecule has 0 atom stereocenters. The lowest BCUT2D eigenvalue weighted by atomic mass is 9.93. The lowest BCUT2D eigenvalue weighted by Gasteiger charge is -2.41. The van der Waals surface area contributed by atoms with Crippen LogP contribution in [-0.2, 0) is 4.43 Å². The maximum absolute atomic E-state index is 11.5. The van der Waals surface area contributed by atoms with Crippen molar-refractivity contribution in [2.24, 2.45) is 0 Å². The van der Waals surface area contributed by atoms with Crippen LogP contribution >= 0.6 is 0 Å². The van der Waals surface area contributed by atoms with Crippen LogP contribution in [0.15, 0.2) is 18.3 Å². The summed E-state index contributed by atoms with van der Waals surface area (Å²) >= 11 is 0. The minimum atomic E-state index is -1.76. The Bertz CT molecular complexity index is 820. The molecule has 2 N–H and O–H groups in total. The lowest BCUT2D eigenvalue weighted by Crippen LogP contribution is -2.45. The molecule has 8 heteroatoms. The molecule has 0 aliphatic heterocycles. The average molecular weight is 391 g/mol. The Kier molecular flexibility index (Phi) is 5.31. The Morgan fingerprint density at radius 3 is 2.52 bits per heavy atom. The first kappa shape index (κ1) is 19.8. The summed E-state index contributed by atoms with van der Waals surface area (Å²) in [4.78, 5) is 11.1. The van der Waals surface area contributed by atoms with Crippen LogP contribution in [0.4, 0.5) is 11.4 Å². The van der Waals surface area contributed by atoms with Crippen molar-refractivity contribution >= 4 is 30.6 Å². The van der Waals surface area contributed by atoms with E-state index in [-0.39, 0.29) is 21.7 Å². The summed E-state index contributed by atoms with van der Waals surface area (Å²) in [6, 6.07) is 3.59. The molecular formula is C19H30N4O3Si. The molecule has 0 spiro atoms. The highest BCUT2D eigenvalue weighted by molar-refractivity contribution is 6.74. The van der Waals surface area contributed by atoms with Gasteiger partial charge in [0.2, 0.25) is 0 Å². The van der Waals surface area contributed by atoms with Gasteiger partial charge in [-0.3, -0.25) is 15.2 Å². The molecule has 1 saturated carbocycles. The molecule has 1 aliphatic rings. The van der Waals surface area contributed by atoms with Gasteiger partial charge < -0.3 is 9.74 Å². The standard InChI is InChI=1S/C19H30N4O3Si/c1-19(2,3)27(4,5)26-15-8-6-14(7-9-15)21-17-11-16-13(12-20-22-16)10-18(17)23(24)25/h10-12,14-15,21H,6-9H2,1-5H3,(H,20,22)/t14-,15-. The molecule has 1 aromatic heterocycles. The number of aromatic nitrogens is 2. The van der Waals surface area contributed by atoms with Crippen LogP contribution in [0, 0.1) is 10.1 Å². The molecule has 1 fully saturated rings. The molecule has 2 aromatic rings. The number of hydrogen-bond acceptors (Lipinski definition) is 5. The van der Waals surface area contributed by atoms with Crippen LogP contribution in [0.2, 0.25) is 18.1 Å². The van der Waals surface area contributed by atoms with Gasteiger partial charge in [0.05, 0.1) is 16.6 Å². The summed E-state index contributed by atoms with van der Waals surface area (Å²) in [6.07, 6.45) is 5.80. The molecule has 1 heterocycles. The van der Waals surface area contributed by atoms with Gasteiger partial charge in [-0.1, -0.05) is 20.8 Å². The van der Waals surface area contributed by atoms with Crippen molar-refractivity contribution in [2.75, 3.05) is 5.32 Å². The van der Waals surface area contributed by atoms with Crippen molar-refractivity contribution in [2.45, 2.75) is 76.7 Å². The van der Waals surface area contributed by atoms with Gasteiger partial charge in [-0.25, -0.2) is 0 Å². The van der Waals surface area contributed by atoms with E-state index in [4.69, 9.17) is 4.43 Å². The molecule has 7 nitrogen and oxygen atoms in total. The van der Waals surface area contributed by atoms with Gasteiger partial charge in [-0.2, -0.15) is 5.10 Å². The lowest BCUT2D eigenvalue weighted by molar-refractivity contribution is -0.383. The van der Waals surface area contributed by atoms with Crippen LogP contribution in [0.5, 0.6) is 0 Å². The average Bonchev–Trinajstić information content (AvgIpc) is 3.02. The number of H-pyrrole nitrogens is 1. The summed E-state index contributed by atoms with van der Waals surface area (Å²) in [7, 11) is -1.76. The van der Waals surface area contributed by atoms with Gasteiger partial charge in [-0.05, 0) is 49.9 Å². The first-order chi connectivity index (χ1) is 12.6. The van der Waals surface area contributed by atoms with E-state index in [0.717, 1.165) is 36.6 Å². The van der Waals surface area contributed by atoms with Gasteiger partial charge in [0, 0.05) is 23.6 Å². The monoisotopic (exact) mass is 390 g/mol. The molecule has 148 valence electrons. The van der Waals surface area contributed by atoms with Gasteiger partial charge in [0.1, 0.15) is 5.69 Å². The van der Waals surface area contributed by atoms with Crippen molar-refractivity contribution in [1.29, 1.82) is 0 Å². The van der Waals surface area contributed by atoms with E-state index in [2.05, 4.69) is 49.4 Å². The SMILES string of the molecule is CC(C)(C)[Si](C)(C)O[C@H]1CC[C@H](Nc2cc3[nH]ncc3cc2[N+](=O)[O-])CC1. The molecule has 0 saturated heterocycles. The molecule has 27 heavy (non-hydrogen) atoms. The first-order valence-electron chi connectivity index (χ1n) is 9.63. The van der Waals surface area contributed by atoms with E-state index >= 15 is 0 Å². The quantitative estimate of drug-likeness (QED) is 0.415. The summed E-state index contributed by atoms with van der Waals surface area (Å²) < 4.78 is 6.54. The zero-order valence-corrected chi connectivity index (χ0v) is 17.8. The van der Waals surface area contributed by atoms with Gasteiger partial charge >= 0.3 is 0 Å². The third kappa shape index (κ3) is 4.32. The summed E-state index contributed by atoms with van der Waals surface area (Å²) in [5.41, 5.74) is 1.46. The minimum Gasteiger partial charge on any atom is -0.414 e. The topological polar surface area (TPSA) is 93.1 Å². The van der Waals surface area contributed by atoms with E-state index < -0.39 is 8.32 Å². The highest BCUT2D eigenvalue weighted by Crippen LogP contribution is 2.39. The molecule has 3 rings (SSSR count). The van der Waals surface area contributed by atoms with Crippen molar-refractivity contribution in [3.63, 3.8) is 0 Å². The van der Waals surface area contributed by atoms with Crippen molar-refractivity contribution in [3.8, 4) is 0 Å². The van der Waals surface area contributed by atoms with Gasteiger partial charge in [0.25, 0.3) is 5.69 Å². The smallest absolute Gasteiger partial charge is 0.293 e. The van der Waals surface area contributed by atoms with Crippen molar-refractivity contribution < 1.29 is 9.35 Å². The number of nitro benzene ring substituents is 1.